The van der Waals surface area contributed by atoms with E-state index in [1.165, 1.54) is 0 Å². The van der Waals surface area contributed by atoms with E-state index in [4.69, 9.17) is 5.10 Å². The number of alkyl halides is 3. The van der Waals surface area contributed by atoms with Crippen molar-refractivity contribution in [3.05, 3.63) is 66.7 Å². The highest BCUT2D eigenvalue weighted by atomic mass is 19.4. The molecule has 0 saturated carbocycles. The smallest absolute Gasteiger partial charge is 0.422 e. The number of carbonyl (C=O) groups excluding carboxylic acids is 1. The molecule has 1 heterocycles. The van der Waals surface area contributed by atoms with Crippen LogP contribution in [0.5, 0.6) is 0 Å². The zero-order valence-electron chi connectivity index (χ0n) is 17.1. The van der Waals surface area contributed by atoms with Crippen LogP contribution in [0.3, 0.4) is 0 Å². The number of esters is 1. The van der Waals surface area contributed by atoms with Gasteiger partial charge in [-0.25, -0.2) is 0 Å². The van der Waals surface area contributed by atoms with E-state index in [-0.39, 0.29) is 6.54 Å². The Morgan fingerprint density at radius 1 is 0.968 bits per heavy atom. The molecule has 0 aliphatic rings. The fraction of sp³-hybridized carbons (Fsp3) is 0.250. The van der Waals surface area contributed by atoms with Gasteiger partial charge in [0.15, 0.2) is 6.61 Å². The third-order valence-electron chi connectivity index (χ3n) is 5.15. The third-order valence-corrected chi connectivity index (χ3v) is 5.15. The zero-order valence-corrected chi connectivity index (χ0v) is 17.1. The first-order valence-corrected chi connectivity index (χ1v) is 9.83. The Kier molecular flexibility index (Phi) is 5.21. The van der Waals surface area contributed by atoms with E-state index < -0.39 is 24.2 Å². The van der Waals surface area contributed by atoms with Crippen LogP contribution < -0.4 is 0 Å². The van der Waals surface area contributed by atoms with Crippen LogP contribution in [0.15, 0.2) is 66.7 Å². The fourth-order valence-electron chi connectivity index (χ4n) is 3.58. The summed E-state index contributed by atoms with van der Waals surface area (Å²) in [4.78, 5) is 12.3. The van der Waals surface area contributed by atoms with Gasteiger partial charge in [-0.15, -0.1) is 0 Å². The van der Waals surface area contributed by atoms with Crippen LogP contribution >= 0.6 is 0 Å². The maximum atomic E-state index is 12.4. The molecule has 0 N–H and O–H groups in total. The molecule has 160 valence electrons. The predicted molar refractivity (Wildman–Crippen MR) is 113 cm³/mol. The Bertz CT molecular complexity index is 1260. The maximum absolute atomic E-state index is 12.4. The molecule has 0 aliphatic heterocycles. The topological polar surface area (TPSA) is 44.1 Å². The number of nitrogens with zero attached hydrogens (tertiary/aromatic N) is 2. The minimum Gasteiger partial charge on any atom is -0.456 e. The first-order chi connectivity index (χ1) is 14.6. The second-order valence-corrected chi connectivity index (χ2v) is 8.16. The van der Waals surface area contributed by atoms with Crippen LogP contribution in [0, 0.1) is 5.41 Å². The average molecular weight is 426 g/mol. The Hall–Kier alpha value is -3.35. The Balaban J connectivity index is 1.70. The molecule has 4 aromatic rings. The molecule has 0 atom stereocenters. The number of fused-ring (bicyclic) bond motifs is 2. The van der Waals surface area contributed by atoms with Crippen molar-refractivity contribution in [3.8, 4) is 11.3 Å². The van der Waals surface area contributed by atoms with Crippen LogP contribution in [0.2, 0.25) is 0 Å². The maximum Gasteiger partial charge on any atom is 0.422 e. The highest BCUT2D eigenvalue weighted by Gasteiger charge is 2.36. The Morgan fingerprint density at radius 3 is 2.39 bits per heavy atom. The second-order valence-electron chi connectivity index (χ2n) is 8.16. The van der Waals surface area contributed by atoms with Crippen molar-refractivity contribution in [3.63, 3.8) is 0 Å². The average Bonchev–Trinajstić information content (AvgIpc) is 3.09. The number of rotatable bonds is 5. The number of hydrogen-bond donors (Lipinski definition) is 0. The van der Waals surface area contributed by atoms with Crippen molar-refractivity contribution in [1.29, 1.82) is 0 Å². The summed E-state index contributed by atoms with van der Waals surface area (Å²) in [5.41, 5.74) is 1.27. The minimum atomic E-state index is -4.56. The molecule has 4 nitrogen and oxygen atoms in total. The summed E-state index contributed by atoms with van der Waals surface area (Å²) in [5.74, 6) is -0.920. The number of para-hydroxylation sites is 1. The van der Waals surface area contributed by atoms with Gasteiger partial charge in [0.25, 0.3) is 0 Å². The summed E-state index contributed by atoms with van der Waals surface area (Å²) >= 11 is 0. The molecule has 0 unspecified atom stereocenters. The van der Waals surface area contributed by atoms with Crippen molar-refractivity contribution in [2.24, 2.45) is 5.41 Å². The van der Waals surface area contributed by atoms with Crippen molar-refractivity contribution in [2.75, 3.05) is 6.61 Å². The summed E-state index contributed by atoms with van der Waals surface area (Å²) in [7, 11) is 0. The number of ether oxygens (including phenoxy) is 1. The standard InChI is InChI=1S/C24H21F3N2O2/c1-23(2,22(30)31-15-24(25,26)27)14-29-20-10-6-5-9-19(20)21(28-29)18-12-11-16-7-3-4-8-17(16)13-18/h3-13H,14-15H2,1-2H3. The van der Waals surface area contributed by atoms with Gasteiger partial charge in [0.05, 0.1) is 17.5 Å². The SMILES string of the molecule is CC(C)(Cn1nc(-c2ccc3ccccc3c2)c2ccccc21)C(=O)OCC(F)(F)F. The molecule has 0 amide bonds. The number of aromatic nitrogens is 2. The minimum absolute atomic E-state index is 0.0811. The molecule has 1 aromatic heterocycles. The number of hydrogen-bond acceptors (Lipinski definition) is 3. The first-order valence-electron chi connectivity index (χ1n) is 9.83. The molecule has 0 saturated heterocycles. The summed E-state index contributed by atoms with van der Waals surface area (Å²) in [6.07, 6.45) is -4.56. The van der Waals surface area contributed by atoms with Crippen molar-refractivity contribution < 1.29 is 22.7 Å². The van der Waals surface area contributed by atoms with Gasteiger partial charge in [-0.1, -0.05) is 54.6 Å². The van der Waals surface area contributed by atoms with Crippen LogP contribution in [-0.4, -0.2) is 28.5 Å². The molecule has 0 aliphatic carbocycles. The van der Waals surface area contributed by atoms with Gasteiger partial charge in [-0.3, -0.25) is 9.48 Å². The molecule has 3 aromatic carbocycles. The third kappa shape index (κ3) is 4.40. The Morgan fingerprint density at radius 2 is 1.65 bits per heavy atom. The molecular formula is C24H21F3N2O2. The molecule has 4 rings (SSSR count). The summed E-state index contributed by atoms with van der Waals surface area (Å²) < 4.78 is 43.5. The lowest BCUT2D eigenvalue weighted by Crippen LogP contribution is -2.34. The molecule has 0 bridgehead atoms. The number of benzene rings is 3. The van der Waals surface area contributed by atoms with Gasteiger partial charge in [-0.2, -0.15) is 18.3 Å². The van der Waals surface area contributed by atoms with E-state index in [2.05, 4.69) is 10.8 Å². The van der Waals surface area contributed by atoms with Gasteiger partial charge < -0.3 is 4.74 Å². The van der Waals surface area contributed by atoms with E-state index in [1.54, 1.807) is 18.5 Å². The molecule has 0 spiro atoms. The zero-order chi connectivity index (χ0) is 22.2. The number of carbonyl (C=O) groups is 1. The summed E-state index contributed by atoms with van der Waals surface area (Å²) in [6.45, 7) is 1.59. The van der Waals surface area contributed by atoms with Crippen molar-refractivity contribution in [1.82, 2.24) is 9.78 Å². The van der Waals surface area contributed by atoms with Crippen LogP contribution in [0.1, 0.15) is 13.8 Å². The van der Waals surface area contributed by atoms with Crippen LogP contribution in [0.4, 0.5) is 13.2 Å². The monoisotopic (exact) mass is 426 g/mol. The summed E-state index contributed by atoms with van der Waals surface area (Å²) in [5, 5.41) is 7.82. The van der Waals surface area contributed by atoms with Crippen molar-refractivity contribution >= 4 is 27.6 Å². The van der Waals surface area contributed by atoms with Crippen LogP contribution in [0.25, 0.3) is 32.9 Å². The predicted octanol–water partition coefficient (Wildman–Crippen LogP) is 5.99. The van der Waals surface area contributed by atoms with E-state index in [1.807, 2.05) is 60.7 Å². The van der Waals surface area contributed by atoms with Gasteiger partial charge in [0.1, 0.15) is 5.69 Å². The number of halogens is 3. The van der Waals surface area contributed by atoms with E-state index >= 15 is 0 Å². The van der Waals surface area contributed by atoms with Gasteiger partial charge in [0, 0.05) is 10.9 Å². The quantitative estimate of drug-likeness (QED) is 0.368. The molecule has 0 radical (unpaired) electrons. The molecule has 0 fully saturated rings. The fourth-order valence-corrected chi connectivity index (χ4v) is 3.58. The molecule has 31 heavy (non-hydrogen) atoms. The van der Waals surface area contributed by atoms with Gasteiger partial charge >= 0.3 is 12.1 Å². The van der Waals surface area contributed by atoms with Crippen LogP contribution in [-0.2, 0) is 16.1 Å². The lowest BCUT2D eigenvalue weighted by molar-refractivity contribution is -0.193. The highest BCUT2D eigenvalue weighted by molar-refractivity contribution is 5.96. The van der Waals surface area contributed by atoms with E-state index in [9.17, 15) is 18.0 Å². The largest absolute Gasteiger partial charge is 0.456 e. The summed E-state index contributed by atoms with van der Waals surface area (Å²) in [6, 6.07) is 21.7. The lowest BCUT2D eigenvalue weighted by atomic mass is 9.94. The Labute approximate surface area is 177 Å². The highest BCUT2D eigenvalue weighted by Crippen LogP contribution is 2.32. The van der Waals surface area contributed by atoms with Gasteiger partial charge in [-0.05, 0) is 36.8 Å². The van der Waals surface area contributed by atoms with Gasteiger partial charge in [0.2, 0.25) is 0 Å². The molecular weight excluding hydrogens is 405 g/mol. The normalized spacial score (nSPS) is 12.4. The van der Waals surface area contributed by atoms with Crippen molar-refractivity contribution in [2.45, 2.75) is 26.6 Å². The lowest BCUT2D eigenvalue weighted by Gasteiger charge is -2.23. The first kappa shape index (κ1) is 20.9. The molecule has 7 heteroatoms. The van der Waals surface area contributed by atoms with E-state index in [0.717, 1.165) is 32.9 Å². The second kappa shape index (κ2) is 7.72. The van der Waals surface area contributed by atoms with E-state index in [0.29, 0.717) is 0 Å².